The third-order valence-corrected chi connectivity index (χ3v) is 9.19. The lowest BCUT2D eigenvalue weighted by Crippen LogP contribution is -2.54. The van der Waals surface area contributed by atoms with Gasteiger partial charge >= 0.3 is 18.0 Å². The van der Waals surface area contributed by atoms with Crippen LogP contribution in [0.15, 0.2) is 36.4 Å². The number of benzene rings is 1. The first-order chi connectivity index (χ1) is 21.9. The molecule has 1 aromatic rings. The maximum atomic E-state index is 14.2. The summed E-state index contributed by atoms with van der Waals surface area (Å²) in [6, 6.07) is 6.81. The van der Waals surface area contributed by atoms with Crippen LogP contribution in [0.5, 0.6) is 0 Å². The molecule has 0 radical (unpaired) electrons. The predicted molar refractivity (Wildman–Crippen MR) is 168 cm³/mol. The van der Waals surface area contributed by atoms with Crippen molar-refractivity contribution in [3.05, 3.63) is 47.5 Å². The van der Waals surface area contributed by atoms with Crippen LogP contribution in [0.4, 0.5) is 4.79 Å². The van der Waals surface area contributed by atoms with Crippen LogP contribution < -0.4 is 5.32 Å². The predicted octanol–water partition coefficient (Wildman–Crippen LogP) is 4.41. The molecule has 5 atom stereocenters. The minimum atomic E-state index is -1.20. The van der Waals surface area contributed by atoms with Crippen molar-refractivity contribution in [3.63, 3.8) is 0 Å². The minimum Gasteiger partial charge on any atom is -0.464 e. The zero-order chi connectivity index (χ0) is 33.1. The first-order valence-electron chi connectivity index (χ1n) is 16.6. The number of hydrogen-bond acceptors (Lipinski definition) is 8. The number of nitrogens with one attached hydrogen (secondary N) is 1. The molecule has 11 nitrogen and oxygen atoms in total. The van der Waals surface area contributed by atoms with Crippen LogP contribution in [0.3, 0.4) is 0 Å². The number of carbonyl (C=O) groups is 5. The molecule has 1 N–H and O–H groups in total. The van der Waals surface area contributed by atoms with Crippen molar-refractivity contribution < 1.29 is 38.2 Å². The summed E-state index contributed by atoms with van der Waals surface area (Å²) in [7, 11) is 0. The Bertz CT molecular complexity index is 1340. The lowest BCUT2D eigenvalue weighted by molar-refractivity contribution is -0.159. The Morgan fingerprint density at radius 1 is 1.04 bits per heavy atom. The molecule has 0 bridgehead atoms. The number of rotatable bonds is 5. The smallest absolute Gasteiger partial charge is 0.410 e. The number of fused-ring (bicyclic) bond motifs is 3. The van der Waals surface area contributed by atoms with Gasteiger partial charge < -0.3 is 24.4 Å². The first kappa shape index (κ1) is 33.5. The van der Waals surface area contributed by atoms with Crippen molar-refractivity contribution in [1.82, 2.24) is 15.1 Å². The van der Waals surface area contributed by atoms with E-state index < -0.39 is 53.1 Å². The average molecular weight is 638 g/mol. The monoisotopic (exact) mass is 637 g/mol. The van der Waals surface area contributed by atoms with Crippen LogP contribution in [0.2, 0.25) is 0 Å². The highest BCUT2D eigenvalue weighted by Crippen LogP contribution is 2.46. The highest BCUT2D eigenvalue weighted by molar-refractivity contribution is 5.96. The molecule has 1 aliphatic carbocycles. The standard InChI is InChI=1S/C35H47N3O8/c1-5-44-32(42)35-19-26(35)16-10-8-6-7-9-13-23(17-29(39)46-34(2,3)4)31(41)38-22-27(18-28(38)30(40)36-35)45-33(43)37-20-24-14-11-12-15-25(24)21-37/h10-12,14-16,23,26-28H,5-9,13,17-22H2,1-4H3,(H,36,40)/b16-10-/t23-,26-,27-,28+,35-/m1/s1. The molecule has 11 heteroatoms. The normalized spacial score (nSPS) is 28.9. The van der Waals surface area contributed by atoms with Gasteiger partial charge in [0.25, 0.3) is 0 Å². The van der Waals surface area contributed by atoms with Gasteiger partial charge in [0.2, 0.25) is 11.8 Å². The summed E-state index contributed by atoms with van der Waals surface area (Å²) < 4.78 is 16.8. The number of allylic oxidation sites excluding steroid dienone is 1. The molecule has 1 saturated heterocycles. The second-order valence-electron chi connectivity index (χ2n) is 13.9. The molecule has 3 heterocycles. The first-order valence-corrected chi connectivity index (χ1v) is 16.6. The molecule has 0 aromatic heterocycles. The third kappa shape index (κ3) is 7.73. The highest BCUT2D eigenvalue weighted by atomic mass is 16.6. The van der Waals surface area contributed by atoms with Crippen LogP contribution in [-0.4, -0.2) is 76.1 Å². The summed E-state index contributed by atoms with van der Waals surface area (Å²) in [5.74, 6) is -2.76. The van der Waals surface area contributed by atoms with Gasteiger partial charge in [-0.25, -0.2) is 9.59 Å². The van der Waals surface area contributed by atoms with Crippen molar-refractivity contribution in [1.29, 1.82) is 0 Å². The van der Waals surface area contributed by atoms with E-state index in [1.54, 1.807) is 32.6 Å². The highest BCUT2D eigenvalue weighted by Gasteiger charge is 2.62. The number of ether oxygens (including phenoxy) is 3. The van der Waals surface area contributed by atoms with E-state index in [1.807, 2.05) is 36.4 Å². The second-order valence-corrected chi connectivity index (χ2v) is 13.9. The van der Waals surface area contributed by atoms with Crippen LogP contribution >= 0.6 is 0 Å². The fourth-order valence-corrected chi connectivity index (χ4v) is 6.79. The summed E-state index contributed by atoms with van der Waals surface area (Å²) in [4.78, 5) is 70.6. The lowest BCUT2D eigenvalue weighted by Gasteiger charge is -2.29. The van der Waals surface area contributed by atoms with Gasteiger partial charge in [-0.3, -0.25) is 19.3 Å². The average Bonchev–Trinajstić information content (AvgIpc) is 3.31. The van der Waals surface area contributed by atoms with E-state index in [1.165, 1.54) is 4.90 Å². The Kier molecular flexibility index (Phi) is 10.1. The van der Waals surface area contributed by atoms with Gasteiger partial charge in [-0.05, 0) is 64.5 Å². The zero-order valence-electron chi connectivity index (χ0n) is 27.4. The second kappa shape index (κ2) is 13.8. The van der Waals surface area contributed by atoms with Crippen molar-refractivity contribution in [2.45, 2.75) is 115 Å². The van der Waals surface area contributed by atoms with Gasteiger partial charge in [-0.15, -0.1) is 0 Å². The number of nitrogens with zero attached hydrogens (tertiary/aromatic N) is 2. The Hall–Kier alpha value is -3.89. The van der Waals surface area contributed by atoms with Gasteiger partial charge in [0.1, 0.15) is 23.3 Å². The summed E-state index contributed by atoms with van der Waals surface area (Å²) in [6.45, 7) is 8.07. The molecule has 2 fully saturated rings. The van der Waals surface area contributed by atoms with Gasteiger partial charge in [-0.2, -0.15) is 0 Å². The van der Waals surface area contributed by atoms with E-state index in [9.17, 15) is 24.0 Å². The third-order valence-electron chi connectivity index (χ3n) is 9.19. The van der Waals surface area contributed by atoms with E-state index in [0.717, 1.165) is 36.8 Å². The van der Waals surface area contributed by atoms with Crippen molar-refractivity contribution in [2.24, 2.45) is 11.8 Å². The van der Waals surface area contributed by atoms with Crippen LogP contribution in [0.1, 0.15) is 90.2 Å². The van der Waals surface area contributed by atoms with Crippen LogP contribution in [0, 0.1) is 11.8 Å². The van der Waals surface area contributed by atoms with E-state index in [-0.39, 0.29) is 37.8 Å². The maximum absolute atomic E-state index is 14.2. The molecule has 5 rings (SSSR count). The Morgan fingerprint density at radius 3 is 2.43 bits per heavy atom. The summed E-state index contributed by atoms with van der Waals surface area (Å²) in [5.41, 5.74) is 0.189. The molecule has 4 aliphatic rings. The fraction of sp³-hybridized carbons (Fsp3) is 0.629. The molecular formula is C35H47N3O8. The minimum absolute atomic E-state index is 0.00397. The molecule has 3 amide bonds. The summed E-state index contributed by atoms with van der Waals surface area (Å²) in [5, 5.41) is 2.94. The molecule has 250 valence electrons. The molecular weight excluding hydrogens is 590 g/mol. The Morgan fingerprint density at radius 2 is 1.76 bits per heavy atom. The summed E-state index contributed by atoms with van der Waals surface area (Å²) in [6.07, 6.45) is 6.84. The van der Waals surface area contributed by atoms with Gasteiger partial charge in [0.05, 0.1) is 19.6 Å². The fourth-order valence-electron chi connectivity index (χ4n) is 6.79. The molecule has 0 unspecified atom stereocenters. The number of amides is 3. The zero-order valence-corrected chi connectivity index (χ0v) is 27.4. The molecule has 1 aromatic carbocycles. The number of esters is 2. The summed E-state index contributed by atoms with van der Waals surface area (Å²) >= 11 is 0. The van der Waals surface area contributed by atoms with Gasteiger partial charge in [0, 0.05) is 31.3 Å². The SMILES string of the molecule is CCOC(=O)[C@@]12C[C@H]1/C=C\CCCCC[C@H](CC(=O)OC(C)(C)C)C(=O)N1C[C@H](OC(=O)N3Cc4ccccc4C3)C[C@H]1C(=O)N2. The number of carbonyl (C=O) groups excluding carboxylic acids is 5. The van der Waals surface area contributed by atoms with E-state index >= 15 is 0 Å². The van der Waals surface area contributed by atoms with E-state index in [2.05, 4.69) is 5.32 Å². The Balaban J connectivity index is 1.38. The van der Waals surface area contributed by atoms with Crippen molar-refractivity contribution >= 4 is 29.8 Å². The largest absolute Gasteiger partial charge is 0.464 e. The van der Waals surface area contributed by atoms with Gasteiger partial charge in [-0.1, -0.05) is 49.3 Å². The van der Waals surface area contributed by atoms with Crippen LogP contribution in [0.25, 0.3) is 0 Å². The number of hydrogen-bond donors (Lipinski definition) is 1. The quantitative estimate of drug-likeness (QED) is 0.285. The van der Waals surface area contributed by atoms with Gasteiger partial charge in [0.15, 0.2) is 0 Å². The molecule has 3 aliphatic heterocycles. The van der Waals surface area contributed by atoms with E-state index in [0.29, 0.717) is 25.9 Å². The molecule has 0 spiro atoms. The Labute approximate surface area is 271 Å². The van der Waals surface area contributed by atoms with Crippen molar-refractivity contribution in [2.75, 3.05) is 13.2 Å². The lowest BCUT2D eigenvalue weighted by atomic mass is 9.95. The molecule has 1 saturated carbocycles. The maximum Gasteiger partial charge on any atom is 0.410 e. The van der Waals surface area contributed by atoms with Crippen LogP contribution in [-0.2, 0) is 46.5 Å². The topological polar surface area (TPSA) is 132 Å². The van der Waals surface area contributed by atoms with Crippen molar-refractivity contribution in [3.8, 4) is 0 Å². The van der Waals surface area contributed by atoms with E-state index in [4.69, 9.17) is 14.2 Å². The molecule has 46 heavy (non-hydrogen) atoms.